The lowest BCUT2D eigenvalue weighted by Gasteiger charge is -2.48. The monoisotopic (exact) mass is 264 g/mol. The summed E-state index contributed by atoms with van der Waals surface area (Å²) in [7, 11) is 0. The fourth-order valence-electron chi connectivity index (χ4n) is 3.78. The van der Waals surface area contributed by atoms with Crippen molar-refractivity contribution in [3.8, 4) is 11.8 Å². The maximum Gasteiger partial charge on any atom is 0.0594 e. The predicted molar refractivity (Wildman–Crippen MR) is 79.1 cm³/mol. The van der Waals surface area contributed by atoms with E-state index >= 15 is 0 Å². The Bertz CT molecular complexity index is 319. The number of rotatable bonds is 5. The van der Waals surface area contributed by atoms with Gasteiger partial charge in [0.1, 0.15) is 0 Å². The zero-order valence-electron chi connectivity index (χ0n) is 12.5. The smallest absolute Gasteiger partial charge is 0.0594 e. The van der Waals surface area contributed by atoms with E-state index in [4.69, 9.17) is 4.74 Å². The normalized spacial score (nSPS) is 24.7. The number of nitrogens with zero attached hydrogens (tertiary/aromatic N) is 1. The quantitative estimate of drug-likeness (QED) is 0.769. The maximum absolute atomic E-state index is 5.54. The van der Waals surface area contributed by atoms with Crippen LogP contribution in [0.4, 0.5) is 0 Å². The average molecular weight is 264 g/mol. The molecule has 1 unspecified atom stereocenters. The first-order valence-electron chi connectivity index (χ1n) is 7.79. The van der Waals surface area contributed by atoms with E-state index in [0.717, 1.165) is 39.3 Å². The second-order valence-electron chi connectivity index (χ2n) is 5.65. The van der Waals surface area contributed by atoms with Crippen LogP contribution < -0.4 is 5.32 Å². The molecule has 2 aliphatic rings. The van der Waals surface area contributed by atoms with Crippen LogP contribution >= 0.6 is 0 Å². The summed E-state index contributed by atoms with van der Waals surface area (Å²) >= 11 is 0. The van der Waals surface area contributed by atoms with E-state index in [0.29, 0.717) is 11.6 Å². The molecule has 1 aliphatic carbocycles. The molecule has 0 amide bonds. The van der Waals surface area contributed by atoms with Crippen molar-refractivity contribution in [2.75, 3.05) is 32.8 Å². The summed E-state index contributed by atoms with van der Waals surface area (Å²) in [6.45, 7) is 9.12. The van der Waals surface area contributed by atoms with Crippen LogP contribution in [0.1, 0.15) is 46.0 Å². The molecule has 3 nitrogen and oxygen atoms in total. The van der Waals surface area contributed by atoms with Gasteiger partial charge in [-0.25, -0.2) is 0 Å². The zero-order valence-corrected chi connectivity index (χ0v) is 12.5. The van der Waals surface area contributed by atoms with E-state index in [2.05, 4.69) is 29.0 Å². The Morgan fingerprint density at radius 3 is 2.53 bits per heavy atom. The molecule has 1 heterocycles. The third-order valence-corrected chi connectivity index (χ3v) is 4.69. The summed E-state index contributed by atoms with van der Waals surface area (Å²) in [5.41, 5.74) is 0.323. The highest BCUT2D eigenvalue weighted by molar-refractivity contribution is 5.09. The van der Waals surface area contributed by atoms with E-state index in [1.807, 2.05) is 6.92 Å². The van der Waals surface area contributed by atoms with Crippen LogP contribution in [0.2, 0.25) is 0 Å². The zero-order chi connectivity index (χ0) is 13.6. The molecule has 0 bridgehead atoms. The lowest BCUT2D eigenvalue weighted by Crippen LogP contribution is -2.62. The van der Waals surface area contributed by atoms with E-state index in [1.54, 1.807) is 0 Å². The third kappa shape index (κ3) is 3.31. The summed E-state index contributed by atoms with van der Waals surface area (Å²) < 4.78 is 5.54. The molecular formula is C16H28N2O. The molecule has 1 N–H and O–H groups in total. The summed E-state index contributed by atoms with van der Waals surface area (Å²) in [5, 5.41) is 3.71. The average Bonchev–Trinajstić information content (AvgIpc) is 2.95. The van der Waals surface area contributed by atoms with E-state index in [-0.39, 0.29) is 0 Å². The Balaban J connectivity index is 2.15. The van der Waals surface area contributed by atoms with Gasteiger partial charge in [-0.3, -0.25) is 4.90 Å². The van der Waals surface area contributed by atoms with Gasteiger partial charge in [0.15, 0.2) is 0 Å². The first-order valence-corrected chi connectivity index (χ1v) is 7.79. The van der Waals surface area contributed by atoms with Gasteiger partial charge in [-0.1, -0.05) is 19.8 Å². The van der Waals surface area contributed by atoms with Crippen molar-refractivity contribution in [2.24, 2.45) is 0 Å². The first-order chi connectivity index (χ1) is 9.33. The lowest BCUT2D eigenvalue weighted by atomic mass is 9.83. The number of morpholine rings is 1. The molecule has 0 aromatic heterocycles. The number of ether oxygens (including phenoxy) is 1. The number of hydrogen-bond acceptors (Lipinski definition) is 3. The molecular weight excluding hydrogens is 236 g/mol. The summed E-state index contributed by atoms with van der Waals surface area (Å²) in [6.07, 6.45) is 6.32. The molecule has 2 rings (SSSR count). The number of likely N-dealkylation sites (N-methyl/N-ethyl adjacent to an activating group) is 1. The lowest BCUT2D eigenvalue weighted by molar-refractivity contribution is -0.0348. The van der Waals surface area contributed by atoms with Gasteiger partial charge >= 0.3 is 0 Å². The minimum atomic E-state index is 0.323. The fraction of sp³-hybridized carbons (Fsp3) is 0.875. The Labute approximate surface area is 118 Å². The SMILES string of the molecule is CC#CCC(NCC)C1(N2CCOCC2)CCCC1. The van der Waals surface area contributed by atoms with Gasteiger partial charge in [0.2, 0.25) is 0 Å². The largest absolute Gasteiger partial charge is 0.379 e. The van der Waals surface area contributed by atoms with Crippen molar-refractivity contribution >= 4 is 0 Å². The van der Waals surface area contributed by atoms with Crippen LogP contribution in [0.3, 0.4) is 0 Å². The summed E-state index contributed by atoms with van der Waals surface area (Å²) in [6, 6.07) is 0.505. The molecule has 0 spiro atoms. The highest BCUT2D eigenvalue weighted by Crippen LogP contribution is 2.39. The fourth-order valence-corrected chi connectivity index (χ4v) is 3.78. The van der Waals surface area contributed by atoms with E-state index < -0.39 is 0 Å². The summed E-state index contributed by atoms with van der Waals surface area (Å²) in [4.78, 5) is 2.69. The van der Waals surface area contributed by atoms with Crippen molar-refractivity contribution in [3.05, 3.63) is 0 Å². The van der Waals surface area contributed by atoms with Gasteiger partial charge in [0.25, 0.3) is 0 Å². The van der Waals surface area contributed by atoms with E-state index in [1.165, 1.54) is 25.7 Å². The Kier molecular flexibility index (Phi) is 5.69. The molecule has 2 fully saturated rings. The van der Waals surface area contributed by atoms with Crippen molar-refractivity contribution in [1.29, 1.82) is 0 Å². The standard InChI is InChI=1S/C16H28N2O/c1-3-5-8-15(17-4-2)16(9-6-7-10-16)18-11-13-19-14-12-18/h15,17H,4,6-14H2,1-2H3. The van der Waals surface area contributed by atoms with Gasteiger partial charge in [0, 0.05) is 31.1 Å². The molecule has 1 atom stereocenters. The minimum absolute atomic E-state index is 0.323. The predicted octanol–water partition coefficient (Wildman–Crippen LogP) is 2.02. The molecule has 1 aliphatic heterocycles. The number of nitrogens with one attached hydrogen (secondary N) is 1. The minimum Gasteiger partial charge on any atom is -0.379 e. The Morgan fingerprint density at radius 1 is 1.26 bits per heavy atom. The molecule has 108 valence electrons. The highest BCUT2D eigenvalue weighted by Gasteiger charge is 2.45. The van der Waals surface area contributed by atoms with Crippen LogP contribution in [0.5, 0.6) is 0 Å². The molecule has 1 saturated heterocycles. The van der Waals surface area contributed by atoms with Crippen molar-refractivity contribution in [2.45, 2.75) is 57.5 Å². The molecule has 19 heavy (non-hydrogen) atoms. The van der Waals surface area contributed by atoms with Gasteiger partial charge in [0.05, 0.1) is 13.2 Å². The van der Waals surface area contributed by atoms with Gasteiger partial charge in [-0.05, 0) is 26.3 Å². The highest BCUT2D eigenvalue weighted by atomic mass is 16.5. The van der Waals surface area contributed by atoms with Crippen LogP contribution in [-0.4, -0.2) is 49.3 Å². The molecule has 1 saturated carbocycles. The van der Waals surface area contributed by atoms with Crippen molar-refractivity contribution in [1.82, 2.24) is 10.2 Å². The number of hydrogen-bond donors (Lipinski definition) is 1. The first kappa shape index (κ1) is 14.8. The molecule has 0 aromatic rings. The molecule has 0 radical (unpaired) electrons. The van der Waals surface area contributed by atoms with Crippen LogP contribution in [0.25, 0.3) is 0 Å². The second-order valence-corrected chi connectivity index (χ2v) is 5.65. The van der Waals surface area contributed by atoms with Gasteiger partial charge in [-0.15, -0.1) is 11.8 Å². The van der Waals surface area contributed by atoms with Gasteiger partial charge < -0.3 is 10.1 Å². The molecule has 0 aromatic carbocycles. The van der Waals surface area contributed by atoms with Gasteiger partial charge in [-0.2, -0.15) is 0 Å². The second kappa shape index (κ2) is 7.28. The Morgan fingerprint density at radius 2 is 1.95 bits per heavy atom. The third-order valence-electron chi connectivity index (χ3n) is 4.69. The molecule has 3 heteroatoms. The van der Waals surface area contributed by atoms with Crippen LogP contribution in [-0.2, 0) is 4.74 Å². The Hall–Kier alpha value is -0.560. The van der Waals surface area contributed by atoms with E-state index in [9.17, 15) is 0 Å². The van der Waals surface area contributed by atoms with Crippen molar-refractivity contribution in [3.63, 3.8) is 0 Å². The summed E-state index contributed by atoms with van der Waals surface area (Å²) in [5.74, 6) is 6.37. The van der Waals surface area contributed by atoms with Crippen LogP contribution in [0, 0.1) is 11.8 Å². The van der Waals surface area contributed by atoms with Crippen LogP contribution in [0.15, 0.2) is 0 Å². The maximum atomic E-state index is 5.54. The van der Waals surface area contributed by atoms with Crippen molar-refractivity contribution < 1.29 is 4.74 Å². The topological polar surface area (TPSA) is 24.5 Å².